The maximum atomic E-state index is 12.1. The number of thioether (sulfide) groups is 1. The van der Waals surface area contributed by atoms with E-state index in [4.69, 9.17) is 0 Å². The average molecular weight is 281 g/mol. The second-order valence-corrected chi connectivity index (χ2v) is 5.05. The summed E-state index contributed by atoms with van der Waals surface area (Å²) in [6, 6.07) is 1.72. The molecule has 1 aliphatic heterocycles. The Labute approximate surface area is 117 Å². The quantitative estimate of drug-likeness (QED) is 0.603. The summed E-state index contributed by atoms with van der Waals surface area (Å²) in [6.45, 7) is 4.84. The molecule has 6 nitrogen and oxygen atoms in total. The van der Waals surface area contributed by atoms with Gasteiger partial charge in [0.25, 0.3) is 0 Å². The molecule has 0 saturated carbocycles. The number of rotatable bonds is 4. The Morgan fingerprint density at radius 2 is 2.47 bits per heavy atom. The molecule has 104 valence electrons. The molecular weight excluding hydrogens is 262 g/mol. The summed E-state index contributed by atoms with van der Waals surface area (Å²) >= 11 is 1.57. The Balaban J connectivity index is 2.20. The van der Waals surface area contributed by atoms with Crippen LogP contribution in [0.15, 0.2) is 17.4 Å². The van der Waals surface area contributed by atoms with E-state index < -0.39 is 0 Å². The fourth-order valence-corrected chi connectivity index (χ4v) is 2.48. The van der Waals surface area contributed by atoms with Crippen molar-refractivity contribution in [3.8, 4) is 0 Å². The van der Waals surface area contributed by atoms with Gasteiger partial charge in [0.1, 0.15) is 23.2 Å². The van der Waals surface area contributed by atoms with E-state index in [1.165, 1.54) is 0 Å². The van der Waals surface area contributed by atoms with Crippen molar-refractivity contribution >= 4 is 23.5 Å². The second-order valence-electron chi connectivity index (χ2n) is 4.23. The van der Waals surface area contributed by atoms with Gasteiger partial charge in [0.05, 0.1) is 0 Å². The zero-order chi connectivity index (χ0) is 13.7. The van der Waals surface area contributed by atoms with E-state index in [2.05, 4.69) is 20.6 Å². The van der Waals surface area contributed by atoms with Crippen molar-refractivity contribution in [1.29, 1.82) is 0 Å². The number of hydrogen-bond acceptors (Lipinski definition) is 6. The molecule has 1 atom stereocenters. The second kappa shape index (κ2) is 6.72. The Morgan fingerprint density at radius 1 is 1.63 bits per heavy atom. The SMILES string of the molecule is CCNC(=O)C1CNCCN1c1cc(SC)ncn1. The summed E-state index contributed by atoms with van der Waals surface area (Å²) in [5.74, 6) is 0.858. The lowest BCUT2D eigenvalue weighted by Gasteiger charge is -2.35. The lowest BCUT2D eigenvalue weighted by atomic mass is 10.1. The third kappa shape index (κ3) is 3.36. The van der Waals surface area contributed by atoms with Crippen LogP contribution in [-0.2, 0) is 4.79 Å². The maximum absolute atomic E-state index is 12.1. The molecular formula is C12H19N5OS. The molecule has 1 aromatic heterocycles. The number of likely N-dealkylation sites (N-methyl/N-ethyl adjacent to an activating group) is 1. The van der Waals surface area contributed by atoms with Crippen LogP contribution in [0.4, 0.5) is 5.82 Å². The molecule has 1 aromatic rings. The van der Waals surface area contributed by atoms with Crippen molar-refractivity contribution in [3.05, 3.63) is 12.4 Å². The molecule has 0 aromatic carbocycles. The topological polar surface area (TPSA) is 70.2 Å². The molecule has 7 heteroatoms. The Bertz CT molecular complexity index is 442. The molecule has 1 saturated heterocycles. The van der Waals surface area contributed by atoms with Crippen LogP contribution >= 0.6 is 11.8 Å². The summed E-state index contributed by atoms with van der Waals surface area (Å²) in [6.07, 6.45) is 3.53. The number of amides is 1. The highest BCUT2D eigenvalue weighted by Crippen LogP contribution is 2.20. The van der Waals surface area contributed by atoms with Gasteiger partial charge >= 0.3 is 0 Å². The van der Waals surface area contributed by atoms with Crippen LogP contribution in [0, 0.1) is 0 Å². The molecule has 19 heavy (non-hydrogen) atoms. The first kappa shape index (κ1) is 14.1. The largest absolute Gasteiger partial charge is 0.355 e. The number of nitrogens with one attached hydrogen (secondary N) is 2. The van der Waals surface area contributed by atoms with Crippen molar-refractivity contribution in [2.24, 2.45) is 0 Å². The van der Waals surface area contributed by atoms with Crippen LogP contribution in [0.5, 0.6) is 0 Å². The van der Waals surface area contributed by atoms with Crippen molar-refractivity contribution in [2.75, 3.05) is 37.3 Å². The smallest absolute Gasteiger partial charge is 0.244 e. The number of nitrogens with zero attached hydrogens (tertiary/aromatic N) is 3. The number of carbonyl (C=O) groups is 1. The molecule has 1 unspecified atom stereocenters. The van der Waals surface area contributed by atoms with Gasteiger partial charge in [-0.05, 0) is 13.2 Å². The van der Waals surface area contributed by atoms with Gasteiger partial charge in [-0.15, -0.1) is 11.8 Å². The number of aromatic nitrogens is 2. The number of anilines is 1. The van der Waals surface area contributed by atoms with E-state index in [0.29, 0.717) is 13.1 Å². The summed E-state index contributed by atoms with van der Waals surface area (Å²) in [4.78, 5) is 22.6. The van der Waals surface area contributed by atoms with Gasteiger partial charge in [-0.3, -0.25) is 4.79 Å². The minimum absolute atomic E-state index is 0.0408. The van der Waals surface area contributed by atoms with Gasteiger partial charge in [-0.1, -0.05) is 0 Å². The fourth-order valence-electron chi connectivity index (χ4n) is 2.10. The van der Waals surface area contributed by atoms with Gasteiger partial charge in [-0.2, -0.15) is 0 Å². The minimum Gasteiger partial charge on any atom is -0.355 e. The monoisotopic (exact) mass is 281 g/mol. The summed E-state index contributed by atoms with van der Waals surface area (Å²) < 4.78 is 0. The molecule has 1 fully saturated rings. The lowest BCUT2D eigenvalue weighted by Crippen LogP contribution is -2.58. The first-order valence-electron chi connectivity index (χ1n) is 6.37. The molecule has 2 heterocycles. The Kier molecular flexibility index (Phi) is 4.98. The summed E-state index contributed by atoms with van der Waals surface area (Å²) in [5.41, 5.74) is 0. The molecule has 1 aliphatic rings. The van der Waals surface area contributed by atoms with Crippen LogP contribution in [-0.4, -0.2) is 54.4 Å². The van der Waals surface area contributed by atoms with Gasteiger partial charge in [0.2, 0.25) is 5.91 Å². The van der Waals surface area contributed by atoms with Crippen molar-refractivity contribution in [1.82, 2.24) is 20.6 Å². The predicted octanol–water partition coefficient (Wildman–Crippen LogP) is 0.113. The van der Waals surface area contributed by atoms with E-state index in [-0.39, 0.29) is 11.9 Å². The summed E-state index contributed by atoms with van der Waals surface area (Å²) in [7, 11) is 0. The Morgan fingerprint density at radius 3 is 3.21 bits per heavy atom. The lowest BCUT2D eigenvalue weighted by molar-refractivity contribution is -0.122. The van der Waals surface area contributed by atoms with Gasteiger partial charge in [0.15, 0.2) is 0 Å². The van der Waals surface area contributed by atoms with Crippen molar-refractivity contribution < 1.29 is 4.79 Å². The summed E-state index contributed by atoms with van der Waals surface area (Å²) in [5, 5.41) is 7.04. The van der Waals surface area contributed by atoms with Crippen LogP contribution < -0.4 is 15.5 Å². The normalized spacial score (nSPS) is 19.3. The first-order chi connectivity index (χ1) is 9.26. The zero-order valence-electron chi connectivity index (χ0n) is 11.2. The van der Waals surface area contributed by atoms with E-state index in [9.17, 15) is 4.79 Å². The van der Waals surface area contributed by atoms with Crippen LogP contribution in [0.3, 0.4) is 0 Å². The van der Waals surface area contributed by atoms with E-state index >= 15 is 0 Å². The molecule has 1 amide bonds. The highest BCUT2D eigenvalue weighted by molar-refractivity contribution is 7.98. The van der Waals surface area contributed by atoms with E-state index in [0.717, 1.165) is 23.9 Å². The minimum atomic E-state index is -0.210. The maximum Gasteiger partial charge on any atom is 0.244 e. The predicted molar refractivity (Wildman–Crippen MR) is 76.5 cm³/mol. The zero-order valence-corrected chi connectivity index (χ0v) is 12.0. The molecule has 0 aliphatic carbocycles. The van der Waals surface area contributed by atoms with Crippen LogP contribution in [0.1, 0.15) is 6.92 Å². The third-order valence-electron chi connectivity index (χ3n) is 3.03. The number of hydrogen-bond donors (Lipinski definition) is 2. The van der Waals surface area contributed by atoms with E-state index in [1.54, 1.807) is 18.1 Å². The standard InChI is InChI=1S/C12H19N5OS/c1-3-14-12(18)9-7-13-4-5-17(9)10-6-11(19-2)16-8-15-10/h6,8-9,13H,3-5,7H2,1-2H3,(H,14,18). The Hall–Kier alpha value is -1.34. The fraction of sp³-hybridized carbons (Fsp3) is 0.583. The van der Waals surface area contributed by atoms with Crippen molar-refractivity contribution in [3.63, 3.8) is 0 Å². The first-order valence-corrected chi connectivity index (χ1v) is 7.59. The molecule has 2 N–H and O–H groups in total. The average Bonchev–Trinajstić information content (AvgIpc) is 2.47. The van der Waals surface area contributed by atoms with Crippen LogP contribution in [0.2, 0.25) is 0 Å². The van der Waals surface area contributed by atoms with E-state index in [1.807, 2.05) is 24.1 Å². The highest BCUT2D eigenvalue weighted by atomic mass is 32.2. The molecule has 2 rings (SSSR count). The molecule has 0 bridgehead atoms. The van der Waals surface area contributed by atoms with Gasteiger partial charge in [0, 0.05) is 32.2 Å². The third-order valence-corrected chi connectivity index (χ3v) is 3.67. The number of carbonyl (C=O) groups excluding carboxylic acids is 1. The van der Waals surface area contributed by atoms with Crippen molar-refractivity contribution in [2.45, 2.75) is 18.0 Å². The van der Waals surface area contributed by atoms with Crippen LogP contribution in [0.25, 0.3) is 0 Å². The molecule has 0 spiro atoms. The number of piperazine rings is 1. The van der Waals surface area contributed by atoms with Gasteiger partial charge in [-0.25, -0.2) is 9.97 Å². The molecule has 0 radical (unpaired) electrons. The highest BCUT2D eigenvalue weighted by Gasteiger charge is 2.29. The van der Waals surface area contributed by atoms with Gasteiger partial charge < -0.3 is 15.5 Å².